The van der Waals surface area contributed by atoms with Gasteiger partial charge in [0.2, 0.25) is 16.0 Å². The van der Waals surface area contributed by atoms with Crippen LogP contribution in [-0.2, 0) is 14.8 Å². The summed E-state index contributed by atoms with van der Waals surface area (Å²) < 4.78 is 49.8. The minimum atomic E-state index is -4.14. The molecule has 0 bridgehead atoms. The molecule has 1 aromatic carbocycles. The van der Waals surface area contributed by atoms with E-state index >= 15 is 0 Å². The van der Waals surface area contributed by atoms with Crippen molar-refractivity contribution in [2.75, 3.05) is 31.2 Å². The van der Waals surface area contributed by atoms with Crippen molar-refractivity contribution >= 4 is 24.0 Å². The molecule has 0 saturated carbocycles. The van der Waals surface area contributed by atoms with Crippen LogP contribution in [0.4, 0.5) is 5.95 Å². The number of aliphatic hydroxyl groups excluding tert-OH is 1. The van der Waals surface area contributed by atoms with E-state index in [1.165, 1.54) is 4.31 Å². The van der Waals surface area contributed by atoms with Crippen LogP contribution in [0.15, 0.2) is 30.6 Å². The van der Waals surface area contributed by atoms with E-state index in [1.807, 2.05) is 20.8 Å². The maximum atomic E-state index is 14.6. The number of nitrogens with zero attached hydrogens (tertiary/aromatic N) is 6. The monoisotopic (exact) mass is 618 g/mol. The van der Waals surface area contributed by atoms with Crippen LogP contribution in [0.5, 0.6) is 11.5 Å². The molecule has 0 amide bonds. The summed E-state index contributed by atoms with van der Waals surface area (Å²) in [6, 6.07) is 5.34. The average Bonchev–Trinajstić information content (AvgIpc) is 3.28. The quantitative estimate of drug-likeness (QED) is 0.296. The molecule has 0 fully saturated rings. The first-order valence-corrected chi connectivity index (χ1v) is 19.3. The number of sulfonamides is 1. The van der Waals surface area contributed by atoms with E-state index in [0.29, 0.717) is 34.8 Å². The molecule has 1 aliphatic heterocycles. The molecular formula is C28H42N6O6SSi. The van der Waals surface area contributed by atoms with Gasteiger partial charge in [-0.15, -0.1) is 10.2 Å². The fourth-order valence-corrected chi connectivity index (χ4v) is 7.32. The fourth-order valence-electron chi connectivity index (χ4n) is 4.66. The highest BCUT2D eigenvalue weighted by molar-refractivity contribution is 7.93. The summed E-state index contributed by atoms with van der Waals surface area (Å²) in [4.78, 5) is 8.83. The number of rotatable bonds is 12. The fraction of sp³-hybridized carbons (Fsp3) is 0.571. The van der Waals surface area contributed by atoms with E-state index in [4.69, 9.17) is 14.2 Å². The first-order valence-electron chi connectivity index (χ1n) is 14.1. The molecule has 230 valence electrons. The van der Waals surface area contributed by atoms with E-state index in [0.717, 1.165) is 5.56 Å². The van der Waals surface area contributed by atoms with Crippen molar-refractivity contribution < 1.29 is 27.7 Å². The smallest absolute Gasteiger partial charge is 0.243 e. The lowest BCUT2D eigenvalue weighted by molar-refractivity contribution is 0.00139. The Hall–Kier alpha value is -3.07. The topological polar surface area (TPSA) is 142 Å². The van der Waals surface area contributed by atoms with E-state index in [-0.39, 0.29) is 31.8 Å². The van der Waals surface area contributed by atoms with Gasteiger partial charge in [0.15, 0.2) is 11.6 Å². The van der Waals surface area contributed by atoms with Gasteiger partial charge >= 0.3 is 0 Å². The van der Waals surface area contributed by atoms with Crippen LogP contribution in [0.3, 0.4) is 0 Å². The molecule has 12 nitrogen and oxygen atoms in total. The van der Waals surface area contributed by atoms with Gasteiger partial charge in [-0.3, -0.25) is 4.57 Å². The van der Waals surface area contributed by atoms with Gasteiger partial charge in [0.1, 0.15) is 29.5 Å². The first-order chi connectivity index (χ1) is 19.8. The van der Waals surface area contributed by atoms with Crippen molar-refractivity contribution in [2.24, 2.45) is 0 Å². The molecule has 14 heteroatoms. The van der Waals surface area contributed by atoms with Gasteiger partial charge < -0.3 is 19.3 Å². The molecule has 2 aromatic heterocycles. The lowest BCUT2D eigenvalue weighted by Gasteiger charge is -2.33. The third-order valence-electron chi connectivity index (χ3n) is 7.08. The van der Waals surface area contributed by atoms with Crippen molar-refractivity contribution in [1.29, 1.82) is 0 Å². The second-order valence-electron chi connectivity index (χ2n) is 12.1. The Morgan fingerprint density at radius 2 is 1.86 bits per heavy atom. The number of methoxy groups -OCH3 is 1. The molecule has 3 atom stereocenters. The largest absolute Gasteiger partial charge is 0.497 e. The van der Waals surface area contributed by atoms with Crippen molar-refractivity contribution in [3.8, 4) is 22.9 Å². The Balaban J connectivity index is 1.87. The highest BCUT2D eigenvalue weighted by atomic mass is 32.2. The van der Waals surface area contributed by atoms with Crippen molar-refractivity contribution in [3.05, 3.63) is 42.0 Å². The molecule has 0 unspecified atom stereocenters. The zero-order valence-corrected chi connectivity index (χ0v) is 27.4. The molecule has 42 heavy (non-hydrogen) atoms. The van der Waals surface area contributed by atoms with Gasteiger partial charge in [0, 0.05) is 27.0 Å². The third-order valence-corrected chi connectivity index (χ3v) is 10.9. The van der Waals surface area contributed by atoms with Crippen LogP contribution in [0.25, 0.3) is 11.4 Å². The lowest BCUT2D eigenvalue weighted by Crippen LogP contribution is -2.45. The minimum Gasteiger partial charge on any atom is -0.497 e. The molecule has 0 saturated heterocycles. The minimum absolute atomic E-state index is 0.0988. The standard InChI is InChI=1S/C28H42N6O6SSi/c1-18(2)40-25(26-29-14-19(3)15-30-26)20(4)41(36,37)33(11-12-42(6,7)8)28-32-31-27-23-13-22(38-5)9-10-24(23)39-17-21(16-35)34(27)28/h9-10,13-15,18,20-21,25,35H,11-12,16-17H2,1-8H3/t20-,21-,25+/m0/s1. The summed E-state index contributed by atoms with van der Waals surface area (Å²) in [7, 11) is -4.30. The maximum absolute atomic E-state index is 14.6. The van der Waals surface area contributed by atoms with Gasteiger partial charge in [-0.25, -0.2) is 22.7 Å². The second-order valence-corrected chi connectivity index (χ2v) is 19.9. The van der Waals surface area contributed by atoms with Gasteiger partial charge in [-0.2, -0.15) is 0 Å². The second kappa shape index (κ2) is 12.7. The lowest BCUT2D eigenvalue weighted by atomic mass is 10.1. The van der Waals surface area contributed by atoms with E-state index in [9.17, 15) is 13.5 Å². The Morgan fingerprint density at radius 3 is 2.45 bits per heavy atom. The summed E-state index contributed by atoms with van der Waals surface area (Å²) >= 11 is 0. The Kier molecular flexibility index (Phi) is 9.60. The molecular weight excluding hydrogens is 576 g/mol. The van der Waals surface area contributed by atoms with Gasteiger partial charge in [0.25, 0.3) is 0 Å². The van der Waals surface area contributed by atoms with Crippen LogP contribution in [0.1, 0.15) is 44.3 Å². The van der Waals surface area contributed by atoms with E-state index in [1.54, 1.807) is 49.2 Å². The van der Waals surface area contributed by atoms with Crippen molar-refractivity contribution in [1.82, 2.24) is 24.7 Å². The number of fused-ring (bicyclic) bond motifs is 3. The molecule has 3 aromatic rings. The first kappa shape index (κ1) is 31.9. The number of aliphatic hydroxyl groups is 1. The Bertz CT molecular complexity index is 1470. The SMILES string of the molecule is COc1ccc2c(c1)-c1nnc(N(CC[Si](C)(C)C)S(=O)(=O)[C@@H](C)[C@@H](OC(C)C)c3ncc(C)cn3)n1[C@@H](CO)CO2. The number of benzene rings is 1. The number of aromatic nitrogens is 5. The molecule has 1 N–H and O–H groups in total. The van der Waals surface area contributed by atoms with Gasteiger partial charge in [-0.05, 0) is 57.5 Å². The Morgan fingerprint density at radius 1 is 1.17 bits per heavy atom. The summed E-state index contributed by atoms with van der Waals surface area (Å²) in [5, 5.41) is 18.2. The summed E-state index contributed by atoms with van der Waals surface area (Å²) in [5.41, 5.74) is 1.45. The predicted molar refractivity (Wildman–Crippen MR) is 163 cm³/mol. The zero-order valence-electron chi connectivity index (χ0n) is 25.6. The highest BCUT2D eigenvalue weighted by Gasteiger charge is 2.42. The third kappa shape index (κ3) is 6.77. The molecule has 0 aliphatic carbocycles. The number of aryl methyl sites for hydroxylation is 1. The molecule has 0 radical (unpaired) electrons. The number of hydrogen-bond donors (Lipinski definition) is 1. The van der Waals surface area contributed by atoms with Crippen LogP contribution in [0, 0.1) is 6.92 Å². The van der Waals surface area contributed by atoms with Gasteiger partial charge in [-0.1, -0.05) is 19.6 Å². The molecule has 3 heterocycles. The average molecular weight is 619 g/mol. The number of anilines is 1. The molecule has 0 spiro atoms. The molecule has 4 rings (SSSR count). The van der Waals surface area contributed by atoms with Crippen LogP contribution in [-0.4, -0.2) is 84.6 Å². The number of ether oxygens (including phenoxy) is 3. The predicted octanol–water partition coefficient (Wildman–Crippen LogP) is 4.01. The van der Waals surface area contributed by atoms with Crippen molar-refractivity contribution in [3.63, 3.8) is 0 Å². The Labute approximate surface area is 249 Å². The maximum Gasteiger partial charge on any atom is 0.243 e. The summed E-state index contributed by atoms with van der Waals surface area (Å²) in [6.07, 6.45) is 2.09. The zero-order chi connectivity index (χ0) is 30.8. The van der Waals surface area contributed by atoms with Crippen LogP contribution in [0.2, 0.25) is 25.7 Å². The van der Waals surface area contributed by atoms with Crippen molar-refractivity contribution in [2.45, 2.75) is 76.9 Å². The normalized spacial score (nSPS) is 16.7. The molecule has 1 aliphatic rings. The highest BCUT2D eigenvalue weighted by Crippen LogP contribution is 2.40. The number of hydrogen-bond acceptors (Lipinski definition) is 10. The summed E-state index contributed by atoms with van der Waals surface area (Å²) in [6.45, 7) is 13.7. The van der Waals surface area contributed by atoms with E-state index in [2.05, 4.69) is 39.8 Å². The summed E-state index contributed by atoms with van der Waals surface area (Å²) in [5.74, 6) is 1.91. The van der Waals surface area contributed by atoms with E-state index < -0.39 is 35.5 Å². The van der Waals surface area contributed by atoms with Crippen LogP contribution < -0.4 is 13.8 Å². The van der Waals surface area contributed by atoms with Crippen LogP contribution >= 0.6 is 0 Å². The van der Waals surface area contributed by atoms with Gasteiger partial charge in [0.05, 0.1) is 31.4 Å².